The van der Waals surface area contributed by atoms with Crippen molar-refractivity contribution in [1.29, 1.82) is 0 Å². The van der Waals surface area contributed by atoms with Crippen LogP contribution in [-0.4, -0.2) is 21.9 Å². The molecule has 0 aliphatic heterocycles. The van der Waals surface area contributed by atoms with E-state index in [1.54, 1.807) is 0 Å². The fraction of sp³-hybridized carbons (Fsp3) is 1.00. The van der Waals surface area contributed by atoms with E-state index < -0.39 is 5.60 Å². The molecule has 0 radical (unpaired) electrons. The number of hydrogen-bond acceptors (Lipinski definition) is 2. The molecule has 4 aliphatic carbocycles. The van der Waals surface area contributed by atoms with Gasteiger partial charge < -0.3 is 10.2 Å². The zero-order valence-corrected chi connectivity index (χ0v) is 22.2. The molecular formula is C30H54O2. The third-order valence-corrected chi connectivity index (χ3v) is 11.8. The maximum atomic E-state index is 11.2. The Labute approximate surface area is 199 Å². The van der Waals surface area contributed by atoms with E-state index in [1.807, 2.05) is 0 Å². The van der Waals surface area contributed by atoms with Gasteiger partial charge in [-0.15, -0.1) is 0 Å². The smallest absolute Gasteiger partial charge is 0.0648 e. The van der Waals surface area contributed by atoms with Gasteiger partial charge in [-0.2, -0.15) is 0 Å². The molecular weight excluding hydrogens is 392 g/mol. The van der Waals surface area contributed by atoms with Gasteiger partial charge in [0.1, 0.15) is 0 Å². The molecule has 4 fully saturated rings. The van der Waals surface area contributed by atoms with Gasteiger partial charge in [0.25, 0.3) is 0 Å². The molecule has 2 nitrogen and oxygen atoms in total. The predicted octanol–water partition coefficient (Wildman–Crippen LogP) is 7.61. The van der Waals surface area contributed by atoms with Crippen LogP contribution in [0, 0.1) is 52.3 Å². The van der Waals surface area contributed by atoms with Crippen molar-refractivity contribution in [2.45, 2.75) is 137 Å². The van der Waals surface area contributed by atoms with E-state index in [4.69, 9.17) is 0 Å². The molecule has 4 aliphatic rings. The monoisotopic (exact) mass is 446 g/mol. The first-order chi connectivity index (χ1) is 15.0. The van der Waals surface area contributed by atoms with Crippen molar-refractivity contribution in [2.75, 3.05) is 0 Å². The van der Waals surface area contributed by atoms with Gasteiger partial charge in [-0.25, -0.2) is 0 Å². The Hall–Kier alpha value is -0.0800. The minimum Gasteiger partial charge on any atom is -0.393 e. The van der Waals surface area contributed by atoms with E-state index in [0.717, 1.165) is 55.8 Å². The summed E-state index contributed by atoms with van der Waals surface area (Å²) in [5.41, 5.74) is 0.445. The van der Waals surface area contributed by atoms with Crippen molar-refractivity contribution in [3.63, 3.8) is 0 Å². The quantitative estimate of drug-likeness (QED) is 0.441. The van der Waals surface area contributed by atoms with Gasteiger partial charge in [0.2, 0.25) is 0 Å². The summed E-state index contributed by atoms with van der Waals surface area (Å²) in [6, 6.07) is 0. The highest BCUT2D eigenvalue weighted by Crippen LogP contribution is 2.67. The molecule has 2 N–H and O–H groups in total. The molecule has 0 aromatic heterocycles. The number of aliphatic hydroxyl groups is 2. The van der Waals surface area contributed by atoms with E-state index in [0.29, 0.717) is 28.6 Å². The van der Waals surface area contributed by atoms with Crippen molar-refractivity contribution in [3.8, 4) is 0 Å². The van der Waals surface area contributed by atoms with E-state index in [9.17, 15) is 10.2 Å². The predicted molar refractivity (Wildman–Crippen MR) is 134 cm³/mol. The van der Waals surface area contributed by atoms with E-state index in [-0.39, 0.29) is 6.10 Å². The highest BCUT2D eigenvalue weighted by atomic mass is 16.3. The lowest BCUT2D eigenvalue weighted by Gasteiger charge is -2.54. The number of fused-ring (bicyclic) bond motifs is 6. The summed E-state index contributed by atoms with van der Waals surface area (Å²) in [7, 11) is 0. The van der Waals surface area contributed by atoms with Crippen LogP contribution in [0.5, 0.6) is 0 Å². The number of aliphatic hydroxyl groups excluding tert-OH is 1. The zero-order chi connectivity index (χ0) is 23.3. The second kappa shape index (κ2) is 9.18. The van der Waals surface area contributed by atoms with Gasteiger partial charge in [-0.1, -0.05) is 48.0 Å². The molecule has 4 saturated carbocycles. The summed E-state index contributed by atoms with van der Waals surface area (Å²) in [4.78, 5) is 0. The molecule has 186 valence electrons. The third-order valence-electron chi connectivity index (χ3n) is 11.8. The highest BCUT2D eigenvalue weighted by Gasteiger charge is 2.59. The molecule has 2 bridgehead atoms. The minimum absolute atomic E-state index is 0.128. The first-order valence-corrected chi connectivity index (χ1v) is 14.4. The van der Waals surface area contributed by atoms with Crippen LogP contribution in [0.3, 0.4) is 0 Å². The summed E-state index contributed by atoms with van der Waals surface area (Å²) >= 11 is 0. The number of hydrogen-bond donors (Lipinski definition) is 2. The molecule has 0 spiro atoms. The highest BCUT2D eigenvalue weighted by molar-refractivity contribution is 5.08. The molecule has 0 aromatic carbocycles. The van der Waals surface area contributed by atoms with Crippen molar-refractivity contribution < 1.29 is 10.2 Å². The van der Waals surface area contributed by atoms with Crippen molar-refractivity contribution >= 4 is 0 Å². The Morgan fingerprint density at radius 2 is 1.59 bits per heavy atom. The Bertz CT molecular complexity index is 645. The van der Waals surface area contributed by atoms with Crippen LogP contribution in [-0.2, 0) is 0 Å². The van der Waals surface area contributed by atoms with Crippen LogP contribution in [0.4, 0.5) is 0 Å². The van der Waals surface area contributed by atoms with Gasteiger partial charge in [-0.3, -0.25) is 0 Å². The van der Waals surface area contributed by atoms with Crippen LogP contribution < -0.4 is 0 Å². The summed E-state index contributed by atoms with van der Waals surface area (Å²) in [6.45, 7) is 14.3. The first-order valence-electron chi connectivity index (χ1n) is 14.4. The molecule has 10 atom stereocenters. The van der Waals surface area contributed by atoms with E-state index in [2.05, 4.69) is 41.5 Å². The Balaban J connectivity index is 1.52. The van der Waals surface area contributed by atoms with Gasteiger partial charge in [0, 0.05) is 0 Å². The van der Waals surface area contributed by atoms with Gasteiger partial charge in [-0.05, 0) is 129 Å². The van der Waals surface area contributed by atoms with Gasteiger partial charge >= 0.3 is 0 Å². The lowest BCUT2D eigenvalue weighted by molar-refractivity contribution is -0.0662. The maximum absolute atomic E-state index is 11.2. The van der Waals surface area contributed by atoms with Crippen LogP contribution in [0.2, 0.25) is 0 Å². The van der Waals surface area contributed by atoms with Crippen LogP contribution >= 0.6 is 0 Å². The molecule has 0 aromatic rings. The Kier molecular flexibility index (Phi) is 7.18. The molecule has 32 heavy (non-hydrogen) atoms. The summed E-state index contributed by atoms with van der Waals surface area (Å²) in [6.07, 6.45) is 15.8. The van der Waals surface area contributed by atoms with E-state index >= 15 is 0 Å². The molecule has 0 heterocycles. The molecule has 0 amide bonds. The minimum atomic E-state index is -0.404. The topological polar surface area (TPSA) is 40.5 Å². The maximum Gasteiger partial charge on any atom is 0.0648 e. The Morgan fingerprint density at radius 1 is 0.844 bits per heavy atom. The third kappa shape index (κ3) is 4.46. The van der Waals surface area contributed by atoms with Crippen LogP contribution in [0.15, 0.2) is 0 Å². The average molecular weight is 447 g/mol. The lowest BCUT2D eigenvalue weighted by atomic mass is 9.51. The van der Waals surface area contributed by atoms with Crippen molar-refractivity contribution in [3.05, 3.63) is 0 Å². The van der Waals surface area contributed by atoms with Crippen LogP contribution in [0.25, 0.3) is 0 Å². The molecule has 2 heteroatoms. The fourth-order valence-corrected chi connectivity index (χ4v) is 9.78. The summed E-state index contributed by atoms with van der Waals surface area (Å²) in [5.74, 6) is 5.11. The van der Waals surface area contributed by atoms with Crippen molar-refractivity contribution in [2.24, 2.45) is 52.3 Å². The second-order valence-electron chi connectivity index (χ2n) is 14.1. The summed E-state index contributed by atoms with van der Waals surface area (Å²) < 4.78 is 0. The zero-order valence-electron chi connectivity index (χ0n) is 22.2. The standard InChI is InChI=1S/C30H54O2/c1-7-30(32)17-16-28(5)18-22(19-30)9-10-23-25(28)14-15-29(6)24(11-12-26(23)29)21(4)27(31)13-8-20(2)3/h20-27,31-32H,7-19H2,1-6H3/t21-,22+,23+,24+,25-,26-,27-,28-,29+,30-/m0/s1. The van der Waals surface area contributed by atoms with Crippen LogP contribution in [0.1, 0.15) is 125 Å². The fourth-order valence-electron chi connectivity index (χ4n) is 9.78. The molecule has 0 saturated heterocycles. The largest absolute Gasteiger partial charge is 0.393 e. The van der Waals surface area contributed by atoms with Gasteiger partial charge in [0.15, 0.2) is 0 Å². The lowest BCUT2D eigenvalue weighted by Crippen LogP contribution is -2.47. The first kappa shape index (κ1) is 25.0. The normalized spacial score (nSPS) is 48.5. The molecule has 0 unspecified atom stereocenters. The van der Waals surface area contributed by atoms with E-state index in [1.165, 1.54) is 51.4 Å². The number of rotatable bonds is 6. The molecule has 4 rings (SSSR count). The van der Waals surface area contributed by atoms with Gasteiger partial charge in [0.05, 0.1) is 11.7 Å². The second-order valence-corrected chi connectivity index (χ2v) is 14.1. The summed E-state index contributed by atoms with van der Waals surface area (Å²) in [5, 5.41) is 22.3. The Morgan fingerprint density at radius 3 is 2.28 bits per heavy atom. The van der Waals surface area contributed by atoms with Crippen molar-refractivity contribution in [1.82, 2.24) is 0 Å². The average Bonchev–Trinajstić information content (AvgIpc) is 2.95. The SMILES string of the molecule is CC[C@]1(O)CC[C@@]2(C)C[C@@H](CC[C@@H]3[C@@H]2CC[C@]2(C)[C@@H]([C@H](C)[C@@H](O)CCC(C)C)CC[C@@H]32)C1.